The van der Waals surface area contributed by atoms with Crippen molar-refractivity contribution in [2.45, 2.75) is 45.6 Å². The van der Waals surface area contributed by atoms with Crippen LogP contribution in [0.2, 0.25) is 0 Å². The van der Waals surface area contributed by atoms with E-state index >= 15 is 0 Å². The van der Waals surface area contributed by atoms with Crippen LogP contribution in [0.5, 0.6) is 0 Å². The number of aliphatic hydroxyl groups is 1. The highest BCUT2D eigenvalue weighted by Gasteiger charge is 2.43. The lowest BCUT2D eigenvalue weighted by Gasteiger charge is -2.30. The molecule has 1 saturated carbocycles. The van der Waals surface area contributed by atoms with Crippen molar-refractivity contribution in [2.24, 2.45) is 5.41 Å². The van der Waals surface area contributed by atoms with Gasteiger partial charge >= 0.3 is 0 Å². The van der Waals surface area contributed by atoms with Crippen LogP contribution in [0.15, 0.2) is 0 Å². The number of carbonyl (C=O) groups excluding carboxylic acids is 1. The van der Waals surface area contributed by atoms with Crippen LogP contribution < -0.4 is 0 Å². The van der Waals surface area contributed by atoms with Gasteiger partial charge in [0.1, 0.15) is 5.41 Å². The number of amides is 1. The van der Waals surface area contributed by atoms with Crippen LogP contribution in [0, 0.1) is 16.7 Å². The first kappa shape index (κ1) is 13.0. The summed E-state index contributed by atoms with van der Waals surface area (Å²) in [5, 5.41) is 18.2. The normalized spacial score (nSPS) is 15.6. The average Bonchev–Trinajstić information content (AvgIpc) is 3.13. The molecule has 1 N–H and O–H groups in total. The Labute approximate surface area is 96.9 Å². The summed E-state index contributed by atoms with van der Waals surface area (Å²) in [5.41, 5.74) is -0.891. The van der Waals surface area contributed by atoms with Gasteiger partial charge in [0.2, 0.25) is 5.91 Å². The average molecular weight is 224 g/mol. The molecule has 1 aliphatic rings. The van der Waals surface area contributed by atoms with Crippen molar-refractivity contribution in [3.05, 3.63) is 0 Å². The van der Waals surface area contributed by atoms with Crippen molar-refractivity contribution >= 4 is 5.91 Å². The number of rotatable bonds is 6. The molecule has 0 aromatic carbocycles. The van der Waals surface area contributed by atoms with E-state index in [-0.39, 0.29) is 18.6 Å². The van der Waals surface area contributed by atoms with Gasteiger partial charge in [0.25, 0.3) is 0 Å². The summed E-state index contributed by atoms with van der Waals surface area (Å²) in [4.78, 5) is 14.0. The summed E-state index contributed by atoms with van der Waals surface area (Å²) < 4.78 is 0. The van der Waals surface area contributed by atoms with Crippen LogP contribution in [0.4, 0.5) is 0 Å². The summed E-state index contributed by atoms with van der Waals surface area (Å²) in [5.74, 6) is -0.100. The number of hydrogen-bond acceptors (Lipinski definition) is 3. The zero-order valence-electron chi connectivity index (χ0n) is 10.1. The lowest BCUT2D eigenvalue weighted by molar-refractivity contribution is -0.140. The first-order valence-corrected chi connectivity index (χ1v) is 5.98. The molecule has 0 saturated heterocycles. The third-order valence-corrected chi connectivity index (χ3v) is 3.42. The highest BCUT2D eigenvalue weighted by molar-refractivity contribution is 5.86. The minimum atomic E-state index is -0.891. The van der Waals surface area contributed by atoms with Crippen LogP contribution in [0.3, 0.4) is 0 Å². The van der Waals surface area contributed by atoms with E-state index in [9.17, 15) is 10.1 Å². The minimum Gasteiger partial charge on any atom is -0.395 e. The number of nitriles is 1. The molecule has 0 bridgehead atoms. The Bertz CT molecular complexity index is 288. The summed E-state index contributed by atoms with van der Waals surface area (Å²) in [7, 11) is 0. The van der Waals surface area contributed by atoms with E-state index in [4.69, 9.17) is 5.11 Å². The van der Waals surface area contributed by atoms with Gasteiger partial charge in [-0.3, -0.25) is 4.79 Å². The van der Waals surface area contributed by atoms with Crippen LogP contribution in [-0.2, 0) is 4.79 Å². The molecule has 0 radical (unpaired) electrons. The van der Waals surface area contributed by atoms with E-state index in [1.54, 1.807) is 4.90 Å². The third-order valence-electron chi connectivity index (χ3n) is 3.42. The highest BCUT2D eigenvalue weighted by atomic mass is 16.3. The van der Waals surface area contributed by atoms with Gasteiger partial charge in [0.05, 0.1) is 12.7 Å². The van der Waals surface area contributed by atoms with E-state index in [1.165, 1.54) is 0 Å². The van der Waals surface area contributed by atoms with Gasteiger partial charge in [0, 0.05) is 12.6 Å². The molecule has 0 unspecified atom stereocenters. The first-order chi connectivity index (χ1) is 7.65. The summed E-state index contributed by atoms with van der Waals surface area (Å²) >= 11 is 0. The predicted molar refractivity (Wildman–Crippen MR) is 60.4 cm³/mol. The fourth-order valence-corrected chi connectivity index (χ4v) is 1.98. The zero-order valence-corrected chi connectivity index (χ0v) is 10.1. The largest absolute Gasteiger partial charge is 0.395 e. The minimum absolute atomic E-state index is 0.0306. The zero-order chi connectivity index (χ0) is 12.2. The second-order valence-electron chi connectivity index (χ2n) is 4.35. The van der Waals surface area contributed by atoms with Gasteiger partial charge in [-0.1, -0.05) is 13.8 Å². The third kappa shape index (κ3) is 2.35. The Kier molecular flexibility index (Phi) is 4.31. The topological polar surface area (TPSA) is 64.3 Å². The Balaban J connectivity index is 2.83. The molecule has 0 aromatic heterocycles. The Morgan fingerprint density at radius 2 is 2.06 bits per heavy atom. The van der Waals surface area contributed by atoms with Crippen LogP contribution in [0.25, 0.3) is 0 Å². The molecule has 16 heavy (non-hydrogen) atoms. The molecule has 1 rings (SSSR count). The molecule has 0 heterocycles. The second-order valence-corrected chi connectivity index (χ2v) is 4.35. The molecule has 1 fully saturated rings. The van der Waals surface area contributed by atoms with E-state index in [2.05, 4.69) is 6.07 Å². The van der Waals surface area contributed by atoms with Crippen molar-refractivity contribution in [1.29, 1.82) is 5.26 Å². The molecule has 90 valence electrons. The Hall–Kier alpha value is -1.08. The molecule has 4 nitrogen and oxygen atoms in total. The van der Waals surface area contributed by atoms with E-state index in [0.29, 0.717) is 19.4 Å². The van der Waals surface area contributed by atoms with Crippen molar-refractivity contribution in [3.63, 3.8) is 0 Å². The number of hydrogen-bond donors (Lipinski definition) is 1. The summed E-state index contributed by atoms with van der Waals surface area (Å²) in [6, 6.07) is 2.42. The van der Waals surface area contributed by atoms with Crippen molar-refractivity contribution in [3.8, 4) is 6.07 Å². The molecule has 0 atom stereocenters. The van der Waals surface area contributed by atoms with Crippen molar-refractivity contribution in [1.82, 2.24) is 4.90 Å². The quantitative estimate of drug-likeness (QED) is 0.739. The standard InChI is InChI=1S/C12H20N2O2/c1-3-12(4-2,9-13)11(16)14(7-8-15)10-5-6-10/h10,15H,3-8H2,1-2H3. The van der Waals surface area contributed by atoms with Crippen LogP contribution in [-0.4, -0.2) is 35.1 Å². The Morgan fingerprint density at radius 3 is 2.38 bits per heavy atom. The fraction of sp³-hybridized carbons (Fsp3) is 0.833. The van der Waals surface area contributed by atoms with Gasteiger partial charge in [-0.05, 0) is 25.7 Å². The number of nitrogens with zero attached hydrogens (tertiary/aromatic N) is 2. The maximum absolute atomic E-state index is 12.3. The maximum atomic E-state index is 12.3. The predicted octanol–water partition coefficient (Wildman–Crippen LogP) is 1.30. The summed E-state index contributed by atoms with van der Waals surface area (Å²) in [6.45, 7) is 4.06. The molecule has 0 aliphatic heterocycles. The molecule has 1 aliphatic carbocycles. The number of aliphatic hydroxyl groups excluding tert-OH is 1. The number of carbonyl (C=O) groups is 1. The van der Waals surface area contributed by atoms with E-state index < -0.39 is 5.41 Å². The Morgan fingerprint density at radius 1 is 1.50 bits per heavy atom. The molecule has 0 spiro atoms. The maximum Gasteiger partial charge on any atom is 0.243 e. The van der Waals surface area contributed by atoms with Gasteiger partial charge in [-0.25, -0.2) is 0 Å². The van der Waals surface area contributed by atoms with Crippen molar-refractivity contribution in [2.75, 3.05) is 13.2 Å². The molecular weight excluding hydrogens is 204 g/mol. The molecular formula is C12H20N2O2. The smallest absolute Gasteiger partial charge is 0.243 e. The van der Waals surface area contributed by atoms with E-state index in [1.807, 2.05) is 13.8 Å². The molecule has 4 heteroatoms. The molecule has 0 aromatic rings. The molecule has 1 amide bonds. The lowest BCUT2D eigenvalue weighted by atomic mass is 9.82. The lowest BCUT2D eigenvalue weighted by Crippen LogP contribution is -2.45. The fourth-order valence-electron chi connectivity index (χ4n) is 1.98. The summed E-state index contributed by atoms with van der Waals surface area (Å²) in [6.07, 6.45) is 3.07. The van der Waals surface area contributed by atoms with Crippen molar-refractivity contribution < 1.29 is 9.90 Å². The van der Waals surface area contributed by atoms with Gasteiger partial charge in [-0.15, -0.1) is 0 Å². The van der Waals surface area contributed by atoms with Gasteiger partial charge in [-0.2, -0.15) is 5.26 Å². The second kappa shape index (κ2) is 5.31. The van der Waals surface area contributed by atoms with Gasteiger partial charge < -0.3 is 10.0 Å². The van der Waals surface area contributed by atoms with E-state index in [0.717, 1.165) is 12.8 Å². The van der Waals surface area contributed by atoms with Crippen LogP contribution >= 0.6 is 0 Å². The SMILES string of the molecule is CCC(C#N)(CC)C(=O)N(CCO)C1CC1. The van der Waals surface area contributed by atoms with Crippen LogP contribution in [0.1, 0.15) is 39.5 Å². The first-order valence-electron chi connectivity index (χ1n) is 5.98. The monoisotopic (exact) mass is 224 g/mol. The van der Waals surface area contributed by atoms with Gasteiger partial charge in [0.15, 0.2) is 0 Å². The highest BCUT2D eigenvalue weighted by Crippen LogP contribution is 2.34.